The number of ether oxygens (including phenoxy) is 1. The number of carbonyl (C=O) groups excluding carboxylic acids is 1. The van der Waals surface area contributed by atoms with E-state index in [2.05, 4.69) is 12.2 Å². The highest BCUT2D eigenvalue weighted by Crippen LogP contribution is 2.18. The second-order valence-corrected chi connectivity index (χ2v) is 6.32. The van der Waals surface area contributed by atoms with Gasteiger partial charge in [-0.1, -0.05) is 6.07 Å². The summed E-state index contributed by atoms with van der Waals surface area (Å²) < 4.78 is 11.1. The lowest BCUT2D eigenvalue weighted by atomic mass is 10.1. The van der Waals surface area contributed by atoms with E-state index in [-0.39, 0.29) is 12.1 Å². The average Bonchev–Trinajstić information content (AvgIpc) is 3.24. The first-order valence-corrected chi connectivity index (χ1v) is 8.39. The van der Waals surface area contributed by atoms with Crippen LogP contribution < -0.4 is 5.32 Å². The van der Waals surface area contributed by atoms with Crippen LogP contribution in [-0.4, -0.2) is 30.2 Å². The van der Waals surface area contributed by atoms with E-state index >= 15 is 0 Å². The van der Waals surface area contributed by atoms with Gasteiger partial charge in [-0.15, -0.1) is 0 Å². The molecule has 24 heavy (non-hydrogen) atoms. The molecule has 2 amide bonds. The van der Waals surface area contributed by atoms with Gasteiger partial charge in [0.15, 0.2) is 0 Å². The molecule has 0 saturated carbocycles. The van der Waals surface area contributed by atoms with Gasteiger partial charge in [0.2, 0.25) is 0 Å². The molecule has 0 aliphatic carbocycles. The zero-order valence-electron chi connectivity index (χ0n) is 14.2. The Balaban J connectivity index is 1.70. The summed E-state index contributed by atoms with van der Waals surface area (Å²) in [4.78, 5) is 14.5. The Labute approximate surface area is 142 Å². The molecule has 2 heterocycles. The van der Waals surface area contributed by atoms with Gasteiger partial charge in [-0.2, -0.15) is 0 Å². The second-order valence-electron chi connectivity index (χ2n) is 6.32. The van der Waals surface area contributed by atoms with Gasteiger partial charge in [0, 0.05) is 18.8 Å². The Morgan fingerprint density at radius 2 is 2.17 bits per heavy atom. The summed E-state index contributed by atoms with van der Waals surface area (Å²) in [7, 11) is 0. The number of rotatable bonds is 5. The van der Waals surface area contributed by atoms with Gasteiger partial charge in [-0.3, -0.25) is 0 Å². The van der Waals surface area contributed by atoms with Crippen LogP contribution in [0.25, 0.3) is 0 Å². The molecule has 1 aliphatic rings. The average molecular weight is 328 g/mol. The molecule has 5 nitrogen and oxygen atoms in total. The molecular formula is C19H24N2O3. The lowest BCUT2D eigenvalue weighted by molar-refractivity contribution is 0.0803. The number of hydrogen-bond acceptors (Lipinski definition) is 3. The van der Waals surface area contributed by atoms with Crippen LogP contribution in [0.5, 0.6) is 0 Å². The fourth-order valence-corrected chi connectivity index (χ4v) is 2.87. The van der Waals surface area contributed by atoms with Crippen LogP contribution in [0.2, 0.25) is 0 Å². The summed E-state index contributed by atoms with van der Waals surface area (Å²) in [5.74, 6) is 0.767. The predicted octanol–water partition coefficient (Wildman–Crippen LogP) is 4.11. The third kappa shape index (κ3) is 4.17. The minimum atomic E-state index is -0.134. The van der Waals surface area contributed by atoms with Crippen LogP contribution in [0.1, 0.15) is 29.7 Å². The number of aryl methyl sites for hydroxylation is 2. The van der Waals surface area contributed by atoms with Crippen LogP contribution in [-0.2, 0) is 11.3 Å². The number of carbonyl (C=O) groups is 1. The standard InChI is InChI=1S/C19H24N2O3/c1-14-7-8-16(11-15(14)2)20-19(22)21(12-17-5-3-9-23-17)13-18-6-4-10-24-18/h3,5,7-9,11,18H,4,6,10,12-13H2,1-2H3,(H,20,22). The molecule has 3 rings (SSSR count). The van der Waals surface area contributed by atoms with Crippen molar-refractivity contribution in [3.63, 3.8) is 0 Å². The van der Waals surface area contributed by atoms with E-state index < -0.39 is 0 Å². The van der Waals surface area contributed by atoms with Crippen LogP contribution in [0.3, 0.4) is 0 Å². The maximum absolute atomic E-state index is 12.7. The van der Waals surface area contributed by atoms with Gasteiger partial charge in [0.1, 0.15) is 5.76 Å². The van der Waals surface area contributed by atoms with Crippen molar-refractivity contribution in [2.45, 2.75) is 39.3 Å². The van der Waals surface area contributed by atoms with Crippen molar-refractivity contribution >= 4 is 11.7 Å². The van der Waals surface area contributed by atoms with Gasteiger partial charge >= 0.3 is 6.03 Å². The molecule has 1 fully saturated rings. The Morgan fingerprint density at radius 3 is 2.83 bits per heavy atom. The number of hydrogen-bond donors (Lipinski definition) is 1. The van der Waals surface area contributed by atoms with Crippen molar-refractivity contribution in [2.24, 2.45) is 0 Å². The highest BCUT2D eigenvalue weighted by atomic mass is 16.5. The minimum Gasteiger partial charge on any atom is -0.467 e. The van der Waals surface area contributed by atoms with Crippen LogP contribution >= 0.6 is 0 Å². The topological polar surface area (TPSA) is 54.7 Å². The fraction of sp³-hybridized carbons (Fsp3) is 0.421. The van der Waals surface area contributed by atoms with E-state index in [0.29, 0.717) is 13.1 Å². The van der Waals surface area contributed by atoms with Crippen molar-refractivity contribution < 1.29 is 13.9 Å². The molecule has 1 N–H and O–H groups in total. The van der Waals surface area contributed by atoms with Crippen molar-refractivity contribution in [2.75, 3.05) is 18.5 Å². The van der Waals surface area contributed by atoms with Crippen LogP contribution in [0.15, 0.2) is 41.0 Å². The second kappa shape index (κ2) is 7.53. The molecule has 1 aliphatic heterocycles. The maximum atomic E-state index is 12.7. The van der Waals surface area contributed by atoms with Crippen molar-refractivity contribution in [3.8, 4) is 0 Å². The lowest BCUT2D eigenvalue weighted by Crippen LogP contribution is -2.39. The molecule has 1 saturated heterocycles. The summed E-state index contributed by atoms with van der Waals surface area (Å²) >= 11 is 0. The van der Waals surface area contributed by atoms with Crippen LogP contribution in [0, 0.1) is 13.8 Å². The number of furan rings is 1. The summed E-state index contributed by atoms with van der Waals surface area (Å²) in [5.41, 5.74) is 3.17. The van der Waals surface area contributed by atoms with Crippen molar-refractivity contribution in [3.05, 3.63) is 53.5 Å². The Kier molecular flexibility index (Phi) is 5.20. The first-order valence-electron chi connectivity index (χ1n) is 8.39. The smallest absolute Gasteiger partial charge is 0.322 e. The first-order chi connectivity index (χ1) is 11.6. The quantitative estimate of drug-likeness (QED) is 0.898. The molecule has 0 spiro atoms. The largest absolute Gasteiger partial charge is 0.467 e. The molecule has 2 aromatic rings. The lowest BCUT2D eigenvalue weighted by Gasteiger charge is -2.25. The fourth-order valence-electron chi connectivity index (χ4n) is 2.87. The molecule has 1 aromatic heterocycles. The number of anilines is 1. The molecule has 0 bridgehead atoms. The van der Waals surface area contributed by atoms with Gasteiger partial charge in [-0.05, 0) is 62.1 Å². The summed E-state index contributed by atoms with van der Waals surface area (Å²) in [6.45, 7) is 5.87. The van der Waals surface area contributed by atoms with E-state index in [4.69, 9.17) is 9.15 Å². The summed E-state index contributed by atoms with van der Waals surface area (Å²) in [5, 5.41) is 2.99. The Hall–Kier alpha value is -2.27. The number of nitrogens with one attached hydrogen (secondary N) is 1. The maximum Gasteiger partial charge on any atom is 0.322 e. The number of nitrogens with zero attached hydrogens (tertiary/aromatic N) is 1. The van der Waals surface area contributed by atoms with Crippen molar-refractivity contribution in [1.82, 2.24) is 4.90 Å². The number of urea groups is 1. The normalized spacial score (nSPS) is 17.0. The zero-order valence-corrected chi connectivity index (χ0v) is 14.2. The third-order valence-electron chi connectivity index (χ3n) is 4.42. The van der Waals surface area contributed by atoms with Gasteiger partial charge in [-0.25, -0.2) is 4.79 Å². The Morgan fingerprint density at radius 1 is 1.29 bits per heavy atom. The molecule has 5 heteroatoms. The zero-order chi connectivity index (χ0) is 16.9. The number of amides is 2. The van der Waals surface area contributed by atoms with Crippen molar-refractivity contribution in [1.29, 1.82) is 0 Å². The molecule has 1 atom stereocenters. The van der Waals surface area contributed by atoms with E-state index in [1.807, 2.05) is 37.3 Å². The van der Waals surface area contributed by atoms with Gasteiger partial charge in [0.25, 0.3) is 0 Å². The third-order valence-corrected chi connectivity index (χ3v) is 4.42. The number of benzene rings is 1. The van der Waals surface area contributed by atoms with Gasteiger partial charge in [0.05, 0.1) is 18.9 Å². The van der Waals surface area contributed by atoms with Gasteiger partial charge < -0.3 is 19.4 Å². The molecular weight excluding hydrogens is 304 g/mol. The molecule has 128 valence electrons. The van der Waals surface area contributed by atoms with E-state index in [9.17, 15) is 4.79 Å². The summed E-state index contributed by atoms with van der Waals surface area (Å²) in [6, 6.07) is 9.51. The highest BCUT2D eigenvalue weighted by Gasteiger charge is 2.23. The van der Waals surface area contributed by atoms with Crippen LogP contribution in [0.4, 0.5) is 10.5 Å². The molecule has 1 aromatic carbocycles. The predicted molar refractivity (Wildman–Crippen MR) is 93.0 cm³/mol. The monoisotopic (exact) mass is 328 g/mol. The Bertz CT molecular complexity index is 676. The molecule has 0 radical (unpaired) electrons. The van der Waals surface area contributed by atoms with E-state index in [0.717, 1.165) is 36.5 Å². The molecule has 1 unspecified atom stereocenters. The highest BCUT2D eigenvalue weighted by molar-refractivity contribution is 5.89. The SMILES string of the molecule is Cc1ccc(NC(=O)N(Cc2ccco2)CC2CCCO2)cc1C. The minimum absolute atomic E-state index is 0.102. The van der Waals surface area contributed by atoms with E-state index in [1.165, 1.54) is 5.56 Å². The summed E-state index contributed by atoms with van der Waals surface area (Å²) in [6.07, 6.45) is 3.77. The first kappa shape index (κ1) is 16.6. The van der Waals surface area contributed by atoms with E-state index in [1.54, 1.807) is 11.2 Å².